The van der Waals surface area contributed by atoms with Crippen LogP contribution in [-0.4, -0.2) is 36.3 Å². The van der Waals surface area contributed by atoms with Crippen molar-refractivity contribution in [2.45, 2.75) is 6.54 Å². The first-order valence-corrected chi connectivity index (χ1v) is 6.61. The molecule has 0 fully saturated rings. The maximum Gasteiger partial charge on any atom is 0.411 e. The highest BCUT2D eigenvalue weighted by Gasteiger charge is 2.22. The Labute approximate surface area is 121 Å². The molecule has 2 heterocycles. The van der Waals surface area contributed by atoms with Crippen molar-refractivity contribution in [2.24, 2.45) is 0 Å². The second-order valence-corrected chi connectivity index (χ2v) is 4.62. The van der Waals surface area contributed by atoms with Crippen molar-refractivity contribution in [2.75, 3.05) is 30.5 Å². The van der Waals surface area contributed by atoms with Crippen LogP contribution in [0.25, 0.3) is 0 Å². The Kier molecular flexibility index (Phi) is 3.63. The summed E-state index contributed by atoms with van der Waals surface area (Å²) in [5.74, 6) is 0.661. The number of imidazole rings is 1. The van der Waals surface area contributed by atoms with Crippen LogP contribution in [0.3, 0.4) is 0 Å². The van der Waals surface area contributed by atoms with Gasteiger partial charge in [-0.15, -0.1) is 0 Å². The minimum Gasteiger partial charge on any atom is -0.487 e. The summed E-state index contributed by atoms with van der Waals surface area (Å²) in [5, 5.41) is 2.67. The maximum atomic E-state index is 11.4. The standard InChI is InChI=1S/C14H16N4O3/c1-20-14(19)17-11-3-2-4-12-13(11)21-6-5-18(12)8-10-7-15-9-16-10/h2-4,7,9H,5-6,8H2,1H3,(H,15,16)(H,17,19). The van der Waals surface area contributed by atoms with Gasteiger partial charge in [-0.3, -0.25) is 5.32 Å². The van der Waals surface area contributed by atoms with Crippen LogP contribution in [0, 0.1) is 0 Å². The van der Waals surface area contributed by atoms with Crippen molar-refractivity contribution in [1.29, 1.82) is 0 Å². The summed E-state index contributed by atoms with van der Waals surface area (Å²) in [4.78, 5) is 20.7. The summed E-state index contributed by atoms with van der Waals surface area (Å²) in [6, 6.07) is 5.63. The molecule has 1 aromatic carbocycles. The first-order chi connectivity index (χ1) is 10.3. The molecule has 3 rings (SSSR count). The lowest BCUT2D eigenvalue weighted by atomic mass is 10.2. The zero-order chi connectivity index (χ0) is 14.7. The number of ether oxygens (including phenoxy) is 2. The van der Waals surface area contributed by atoms with Gasteiger partial charge in [0, 0.05) is 6.20 Å². The van der Waals surface area contributed by atoms with E-state index >= 15 is 0 Å². The van der Waals surface area contributed by atoms with Gasteiger partial charge in [0.05, 0.1) is 43.6 Å². The second-order valence-electron chi connectivity index (χ2n) is 4.62. The van der Waals surface area contributed by atoms with Crippen molar-refractivity contribution in [3.63, 3.8) is 0 Å². The van der Waals surface area contributed by atoms with E-state index < -0.39 is 6.09 Å². The Morgan fingerprint density at radius 1 is 1.57 bits per heavy atom. The van der Waals surface area contributed by atoms with Gasteiger partial charge in [-0.05, 0) is 12.1 Å². The third kappa shape index (κ3) is 2.76. The number of carbonyl (C=O) groups is 1. The van der Waals surface area contributed by atoms with E-state index in [1.165, 1.54) is 7.11 Å². The predicted molar refractivity (Wildman–Crippen MR) is 77.6 cm³/mol. The predicted octanol–water partition coefficient (Wildman–Crippen LogP) is 1.99. The number of hydrogen-bond donors (Lipinski definition) is 2. The molecule has 110 valence electrons. The Hall–Kier alpha value is -2.70. The Morgan fingerprint density at radius 2 is 2.48 bits per heavy atom. The number of H-pyrrole nitrogens is 1. The fraction of sp³-hybridized carbons (Fsp3) is 0.286. The molecule has 0 radical (unpaired) electrons. The molecule has 0 atom stereocenters. The van der Waals surface area contributed by atoms with Crippen molar-refractivity contribution in [3.8, 4) is 5.75 Å². The number of aromatic amines is 1. The molecule has 7 nitrogen and oxygen atoms in total. The van der Waals surface area contributed by atoms with Crippen molar-refractivity contribution in [1.82, 2.24) is 9.97 Å². The van der Waals surface area contributed by atoms with Crippen LogP contribution in [0.1, 0.15) is 5.69 Å². The van der Waals surface area contributed by atoms with E-state index in [-0.39, 0.29) is 0 Å². The lowest BCUT2D eigenvalue weighted by molar-refractivity contribution is 0.186. The van der Waals surface area contributed by atoms with Crippen molar-refractivity contribution >= 4 is 17.5 Å². The third-order valence-corrected chi connectivity index (χ3v) is 3.28. The fourth-order valence-corrected chi connectivity index (χ4v) is 2.30. The van der Waals surface area contributed by atoms with Crippen LogP contribution in [0.4, 0.5) is 16.2 Å². The quantitative estimate of drug-likeness (QED) is 0.903. The van der Waals surface area contributed by atoms with Gasteiger partial charge in [0.25, 0.3) is 0 Å². The summed E-state index contributed by atoms with van der Waals surface area (Å²) >= 11 is 0. The number of methoxy groups -OCH3 is 1. The number of benzene rings is 1. The van der Waals surface area contributed by atoms with E-state index in [4.69, 9.17) is 4.74 Å². The first-order valence-electron chi connectivity index (χ1n) is 6.61. The molecule has 0 bridgehead atoms. The van der Waals surface area contributed by atoms with Crippen LogP contribution >= 0.6 is 0 Å². The molecule has 0 spiro atoms. The smallest absolute Gasteiger partial charge is 0.411 e. The Bertz CT molecular complexity index is 627. The first kappa shape index (κ1) is 13.3. The summed E-state index contributed by atoms with van der Waals surface area (Å²) < 4.78 is 10.3. The largest absolute Gasteiger partial charge is 0.487 e. The van der Waals surface area contributed by atoms with E-state index in [1.54, 1.807) is 18.6 Å². The lowest BCUT2D eigenvalue weighted by Gasteiger charge is -2.31. The molecule has 1 aliphatic heterocycles. The highest BCUT2D eigenvalue weighted by molar-refractivity contribution is 5.89. The fourth-order valence-electron chi connectivity index (χ4n) is 2.30. The molecular formula is C14H16N4O3. The molecule has 7 heteroatoms. The summed E-state index contributed by atoms with van der Waals surface area (Å²) in [6.45, 7) is 2.03. The summed E-state index contributed by atoms with van der Waals surface area (Å²) in [7, 11) is 1.33. The molecular weight excluding hydrogens is 272 g/mol. The van der Waals surface area contributed by atoms with Gasteiger partial charge in [0.1, 0.15) is 6.61 Å². The minimum atomic E-state index is -0.516. The second kappa shape index (κ2) is 5.74. The zero-order valence-corrected chi connectivity index (χ0v) is 11.6. The van der Waals surface area contributed by atoms with Gasteiger partial charge in [-0.2, -0.15) is 0 Å². The number of rotatable bonds is 3. The molecule has 1 amide bonds. The van der Waals surface area contributed by atoms with Crippen LogP contribution in [-0.2, 0) is 11.3 Å². The Morgan fingerprint density at radius 3 is 3.24 bits per heavy atom. The minimum absolute atomic E-state index is 0.516. The molecule has 2 N–H and O–H groups in total. The van der Waals surface area contributed by atoms with E-state index in [1.807, 2.05) is 12.1 Å². The molecule has 0 saturated carbocycles. The average molecular weight is 288 g/mol. The topological polar surface area (TPSA) is 79.5 Å². The monoisotopic (exact) mass is 288 g/mol. The molecule has 21 heavy (non-hydrogen) atoms. The number of hydrogen-bond acceptors (Lipinski definition) is 5. The molecule has 0 saturated heterocycles. The Balaban J connectivity index is 1.87. The number of anilines is 2. The maximum absolute atomic E-state index is 11.4. The number of nitrogens with zero attached hydrogens (tertiary/aromatic N) is 2. The number of para-hydroxylation sites is 1. The molecule has 1 aromatic heterocycles. The highest BCUT2D eigenvalue weighted by atomic mass is 16.5. The van der Waals surface area contributed by atoms with Gasteiger partial charge in [-0.25, -0.2) is 9.78 Å². The molecule has 1 aliphatic rings. The van der Waals surface area contributed by atoms with Gasteiger partial charge < -0.3 is 19.4 Å². The van der Waals surface area contributed by atoms with Crippen molar-refractivity contribution < 1.29 is 14.3 Å². The van der Waals surface area contributed by atoms with Crippen LogP contribution in [0.15, 0.2) is 30.7 Å². The zero-order valence-electron chi connectivity index (χ0n) is 11.6. The van der Waals surface area contributed by atoms with Gasteiger partial charge in [0.15, 0.2) is 5.75 Å². The van der Waals surface area contributed by atoms with Crippen LogP contribution in [0.5, 0.6) is 5.75 Å². The van der Waals surface area contributed by atoms with Gasteiger partial charge >= 0.3 is 6.09 Å². The molecule has 2 aromatic rings. The van der Waals surface area contributed by atoms with E-state index in [9.17, 15) is 4.79 Å². The third-order valence-electron chi connectivity index (χ3n) is 3.28. The number of carbonyl (C=O) groups excluding carboxylic acids is 1. The summed E-state index contributed by atoms with van der Waals surface area (Å²) in [6.07, 6.45) is 2.94. The average Bonchev–Trinajstić information content (AvgIpc) is 3.01. The number of amides is 1. The molecule has 0 unspecified atom stereocenters. The van der Waals surface area contributed by atoms with Crippen LogP contribution in [0.2, 0.25) is 0 Å². The highest BCUT2D eigenvalue weighted by Crippen LogP contribution is 2.38. The lowest BCUT2D eigenvalue weighted by Crippen LogP contribution is -2.32. The van der Waals surface area contributed by atoms with E-state index in [2.05, 4.69) is 24.9 Å². The SMILES string of the molecule is COC(=O)Nc1cccc2c1OCCN2Cc1cnc[nH]1. The van der Waals surface area contributed by atoms with E-state index in [0.717, 1.165) is 17.9 Å². The van der Waals surface area contributed by atoms with E-state index in [0.29, 0.717) is 24.6 Å². The molecule has 0 aliphatic carbocycles. The summed E-state index contributed by atoms with van der Waals surface area (Å²) in [5.41, 5.74) is 2.56. The van der Waals surface area contributed by atoms with Gasteiger partial charge in [-0.1, -0.05) is 6.07 Å². The van der Waals surface area contributed by atoms with Crippen LogP contribution < -0.4 is 15.0 Å². The normalized spacial score (nSPS) is 13.3. The number of fused-ring (bicyclic) bond motifs is 1. The number of aromatic nitrogens is 2. The number of nitrogens with one attached hydrogen (secondary N) is 2. The van der Waals surface area contributed by atoms with Gasteiger partial charge in [0.2, 0.25) is 0 Å². The van der Waals surface area contributed by atoms with Crippen molar-refractivity contribution in [3.05, 3.63) is 36.4 Å².